The van der Waals surface area contributed by atoms with E-state index in [1.807, 2.05) is 29.8 Å². The topological polar surface area (TPSA) is 23.8 Å². The molecule has 11 heavy (non-hydrogen) atoms. The number of hydrogen-bond donors (Lipinski definition) is 0. The van der Waals surface area contributed by atoms with Gasteiger partial charge in [0.2, 0.25) is 10.8 Å². The molecule has 0 unspecified atom stereocenters. The van der Waals surface area contributed by atoms with Crippen molar-refractivity contribution in [2.45, 2.75) is 0 Å². The second-order valence-corrected chi connectivity index (χ2v) is 3.10. The lowest BCUT2D eigenvalue weighted by Gasteiger charge is -1.86. The molecule has 1 aromatic rings. The number of hydrogen-bond acceptors (Lipinski definition) is 1. The summed E-state index contributed by atoms with van der Waals surface area (Å²) in [6.07, 6.45) is 0. The van der Waals surface area contributed by atoms with Crippen LogP contribution in [0.25, 0.3) is 5.03 Å². The molecule has 1 aliphatic heterocycles. The van der Waals surface area contributed by atoms with Crippen molar-refractivity contribution in [2.75, 3.05) is 0 Å². The van der Waals surface area contributed by atoms with Gasteiger partial charge in [0.25, 0.3) is 10.6 Å². The van der Waals surface area contributed by atoms with Gasteiger partial charge in [0.05, 0.1) is 11.6 Å². The minimum atomic E-state index is 0.716. The first kappa shape index (κ1) is 6.45. The van der Waals surface area contributed by atoms with Crippen LogP contribution in [0.15, 0.2) is 29.8 Å². The van der Waals surface area contributed by atoms with Crippen LogP contribution in [0.3, 0.4) is 0 Å². The predicted molar refractivity (Wildman–Crippen MR) is 39.1 cm³/mol. The average molecular weight is 163 g/mol. The third-order valence-corrected chi connectivity index (χ3v) is 2.16. The molecule has 1 heterocycles. The molecule has 1 aliphatic rings. The maximum absolute atomic E-state index is 8.51. The number of halogens is 1. The summed E-state index contributed by atoms with van der Waals surface area (Å²) in [5, 5.41) is 9.77. The maximum atomic E-state index is 8.51. The number of nitrogens with zero attached hydrogens (tertiary/aromatic N) is 1. The van der Waals surface area contributed by atoms with Gasteiger partial charge in [0, 0.05) is 5.56 Å². The smallest absolute Gasteiger partial charge is 0.192 e. The van der Waals surface area contributed by atoms with Crippen LogP contribution in [0, 0.1) is 22.1 Å². The minimum Gasteiger partial charge on any atom is -0.192 e. The quantitative estimate of drug-likeness (QED) is 0.619. The van der Waals surface area contributed by atoms with E-state index in [-0.39, 0.29) is 0 Å². The Kier molecular flexibility index (Phi) is 1.41. The Morgan fingerprint density at radius 3 is 2.27 bits per heavy atom. The molecule has 0 bridgehead atoms. The summed E-state index contributed by atoms with van der Waals surface area (Å²) in [5.74, 6) is 0. The number of rotatable bonds is 1. The normalized spacial score (nSPS) is 13.5. The highest BCUT2D eigenvalue weighted by molar-refractivity contribution is 5.62. The molecule has 0 fully saturated rings. The zero-order chi connectivity index (χ0) is 7.68. The molecule has 2 rings (SSSR count). The van der Waals surface area contributed by atoms with Crippen LogP contribution in [-0.2, 0) is 0 Å². The van der Waals surface area contributed by atoms with Gasteiger partial charge in [-0.3, -0.25) is 0 Å². The van der Waals surface area contributed by atoms with E-state index in [0.29, 0.717) is 5.56 Å². The summed E-state index contributed by atoms with van der Waals surface area (Å²) in [5.41, 5.74) is 3.95. The summed E-state index contributed by atoms with van der Waals surface area (Å²) in [6, 6.07) is 9.67. The Morgan fingerprint density at radius 1 is 1.18 bits per heavy atom. The van der Waals surface area contributed by atoms with Gasteiger partial charge in [0.15, 0.2) is 0 Å². The molecule has 0 radical (unpaired) electrons. The highest BCUT2D eigenvalue weighted by Gasteiger charge is 2.31. The largest absolute Gasteiger partial charge is 0.300 e. The van der Waals surface area contributed by atoms with Gasteiger partial charge < -0.3 is 0 Å². The van der Waals surface area contributed by atoms with E-state index in [4.69, 9.17) is 5.26 Å². The van der Waals surface area contributed by atoms with E-state index >= 15 is 0 Å². The third kappa shape index (κ3) is 1.26. The maximum Gasteiger partial charge on any atom is 0.300 e. The van der Waals surface area contributed by atoms with E-state index in [9.17, 15) is 0 Å². The molecule has 1 aromatic carbocycles. The fraction of sp³-hybridized carbons (Fsp3) is 0. The first-order chi connectivity index (χ1) is 5.40. The van der Waals surface area contributed by atoms with E-state index in [1.165, 1.54) is 10.6 Å². The van der Waals surface area contributed by atoms with Crippen LogP contribution in [-0.4, -0.2) is 0 Å². The van der Waals surface area contributed by atoms with Crippen molar-refractivity contribution in [3.8, 4) is 6.07 Å². The van der Waals surface area contributed by atoms with Crippen LogP contribution >= 0.6 is 0 Å². The molecule has 0 saturated carbocycles. The number of benzene rings is 1. The lowest BCUT2D eigenvalue weighted by atomic mass is 10.1. The van der Waals surface area contributed by atoms with E-state index in [1.54, 1.807) is 0 Å². The zero-order valence-corrected chi connectivity index (χ0v) is 6.47. The summed E-state index contributed by atoms with van der Waals surface area (Å²) in [7, 11) is 2.16. The second-order valence-electron chi connectivity index (χ2n) is 2.26. The van der Waals surface area contributed by atoms with E-state index in [0.717, 1.165) is 0 Å². The fourth-order valence-electron chi connectivity index (χ4n) is 0.857. The molecule has 52 valence electrons. The van der Waals surface area contributed by atoms with Crippen LogP contribution in [0.5, 0.6) is 0 Å². The SMILES string of the molecule is N#Cc1ccc(C2=C[Cl+]2)cc1. The van der Waals surface area contributed by atoms with E-state index in [2.05, 4.69) is 16.9 Å². The zero-order valence-electron chi connectivity index (χ0n) is 5.71. The van der Waals surface area contributed by atoms with Crippen LogP contribution < -0.4 is 0 Å². The Hall–Kier alpha value is -1.26. The van der Waals surface area contributed by atoms with Crippen molar-refractivity contribution in [3.63, 3.8) is 0 Å². The molecule has 0 N–H and O–H groups in total. The molecular formula is C9H5ClN+. The van der Waals surface area contributed by atoms with Crippen molar-refractivity contribution in [1.82, 2.24) is 0 Å². The molecule has 0 atom stereocenters. The van der Waals surface area contributed by atoms with Gasteiger partial charge in [-0.25, -0.2) is 0 Å². The third-order valence-electron chi connectivity index (χ3n) is 1.51. The molecule has 1 nitrogen and oxygen atoms in total. The molecule has 2 heteroatoms. The first-order valence-electron chi connectivity index (χ1n) is 3.24. The van der Waals surface area contributed by atoms with Crippen molar-refractivity contribution in [2.24, 2.45) is 0 Å². The average Bonchev–Trinajstić information content (AvgIpc) is 2.87. The molecule has 0 amide bonds. The van der Waals surface area contributed by atoms with Gasteiger partial charge in [-0.1, -0.05) is 0 Å². The van der Waals surface area contributed by atoms with Crippen molar-refractivity contribution >= 4 is 5.03 Å². The van der Waals surface area contributed by atoms with Crippen molar-refractivity contribution < 1.29 is 10.8 Å². The van der Waals surface area contributed by atoms with Gasteiger partial charge in [-0.2, -0.15) is 5.26 Å². The monoisotopic (exact) mass is 162 g/mol. The molecule has 0 aromatic heterocycles. The summed E-state index contributed by atoms with van der Waals surface area (Å²) in [6.45, 7) is 0. The standard InChI is InChI=1S/C9H5ClN/c11-6-7-1-3-8(4-2-7)9-5-10-9/h1-5H/q+1. The Morgan fingerprint density at radius 2 is 1.82 bits per heavy atom. The van der Waals surface area contributed by atoms with Crippen LogP contribution in [0.2, 0.25) is 0 Å². The summed E-state index contributed by atoms with van der Waals surface area (Å²) >= 11 is 0. The summed E-state index contributed by atoms with van der Waals surface area (Å²) in [4.78, 5) is 0. The predicted octanol–water partition coefficient (Wildman–Crippen LogP) is 1.96. The molecular weight excluding hydrogens is 158 g/mol. The minimum absolute atomic E-state index is 0.716. The van der Waals surface area contributed by atoms with Gasteiger partial charge in [0.1, 0.15) is 0 Å². The lowest BCUT2D eigenvalue weighted by molar-refractivity contribution is -0.411. The van der Waals surface area contributed by atoms with Crippen molar-refractivity contribution in [3.05, 3.63) is 40.9 Å². The van der Waals surface area contributed by atoms with Gasteiger partial charge >= 0.3 is 0 Å². The van der Waals surface area contributed by atoms with Crippen LogP contribution in [0.1, 0.15) is 11.1 Å². The lowest BCUT2D eigenvalue weighted by Crippen LogP contribution is -1.75. The van der Waals surface area contributed by atoms with Gasteiger partial charge in [-0.15, -0.1) is 0 Å². The molecule has 0 aliphatic carbocycles. The molecule has 0 saturated heterocycles. The second kappa shape index (κ2) is 2.41. The summed E-state index contributed by atoms with van der Waals surface area (Å²) < 4.78 is 0. The number of nitriles is 1. The van der Waals surface area contributed by atoms with E-state index < -0.39 is 0 Å². The Bertz CT molecular complexity index is 343. The fourth-order valence-corrected chi connectivity index (χ4v) is 1.29. The highest BCUT2D eigenvalue weighted by Crippen LogP contribution is 2.27. The van der Waals surface area contributed by atoms with Crippen LogP contribution in [0.4, 0.5) is 0 Å². The Labute approximate surface area is 68.7 Å². The van der Waals surface area contributed by atoms with Gasteiger partial charge in [-0.05, 0) is 24.3 Å². The highest BCUT2D eigenvalue weighted by atomic mass is 35.5. The first-order valence-corrected chi connectivity index (χ1v) is 4.06. The molecule has 0 spiro atoms. The Balaban J connectivity index is 2.35. The van der Waals surface area contributed by atoms with Crippen molar-refractivity contribution in [1.29, 1.82) is 5.26 Å².